The maximum atomic E-state index is 13.0. The molecule has 2 heterocycles. The van der Waals surface area contributed by atoms with Gasteiger partial charge in [-0.3, -0.25) is 4.79 Å². The third-order valence-corrected chi connectivity index (χ3v) is 8.62. The molecule has 152 valence electrons. The van der Waals surface area contributed by atoms with Crippen molar-refractivity contribution in [1.29, 1.82) is 0 Å². The highest BCUT2D eigenvalue weighted by molar-refractivity contribution is 8.00. The van der Waals surface area contributed by atoms with Gasteiger partial charge in [0, 0.05) is 25.6 Å². The number of hydrogen-bond donors (Lipinski definition) is 0. The second kappa shape index (κ2) is 8.51. The van der Waals surface area contributed by atoms with Gasteiger partial charge in [-0.25, -0.2) is 8.42 Å². The van der Waals surface area contributed by atoms with E-state index in [-0.39, 0.29) is 28.6 Å². The van der Waals surface area contributed by atoms with Gasteiger partial charge in [-0.15, -0.1) is 10.2 Å². The molecule has 2 atom stereocenters. The number of rotatable bonds is 6. The van der Waals surface area contributed by atoms with Crippen LogP contribution in [0.25, 0.3) is 0 Å². The van der Waals surface area contributed by atoms with E-state index in [9.17, 15) is 13.2 Å². The number of hydrogen-bond acceptors (Lipinski definition) is 6. The molecule has 0 spiro atoms. The Balaban J connectivity index is 1.66. The summed E-state index contributed by atoms with van der Waals surface area (Å²) in [5.41, 5.74) is 0. The molecule has 1 aromatic heterocycles. The van der Waals surface area contributed by atoms with E-state index in [2.05, 4.69) is 10.2 Å². The summed E-state index contributed by atoms with van der Waals surface area (Å²) in [5, 5.41) is 8.91. The summed E-state index contributed by atoms with van der Waals surface area (Å²) in [6.45, 7) is 4.70. The predicted octanol–water partition coefficient (Wildman–Crippen LogP) is 2.38. The normalized spacial score (nSPS) is 24.0. The minimum absolute atomic E-state index is 0.0952. The van der Waals surface area contributed by atoms with Crippen molar-refractivity contribution in [3.05, 3.63) is 5.82 Å². The van der Waals surface area contributed by atoms with Crippen molar-refractivity contribution in [2.75, 3.05) is 18.1 Å². The van der Waals surface area contributed by atoms with Crippen LogP contribution in [-0.2, 0) is 21.7 Å². The van der Waals surface area contributed by atoms with E-state index in [0.717, 1.165) is 19.4 Å². The van der Waals surface area contributed by atoms with Crippen molar-refractivity contribution in [2.24, 2.45) is 7.05 Å². The van der Waals surface area contributed by atoms with Gasteiger partial charge in [0.05, 0.1) is 16.8 Å². The van der Waals surface area contributed by atoms with Gasteiger partial charge in [-0.2, -0.15) is 0 Å². The van der Waals surface area contributed by atoms with Crippen LogP contribution in [0, 0.1) is 0 Å². The lowest BCUT2D eigenvalue weighted by molar-refractivity contribution is -0.133. The van der Waals surface area contributed by atoms with Gasteiger partial charge < -0.3 is 9.47 Å². The van der Waals surface area contributed by atoms with E-state index in [0.29, 0.717) is 23.4 Å². The fourth-order valence-corrected chi connectivity index (χ4v) is 6.84. The number of amides is 1. The molecule has 2 fully saturated rings. The molecule has 1 aliphatic heterocycles. The summed E-state index contributed by atoms with van der Waals surface area (Å²) < 4.78 is 25.3. The molecule has 1 saturated carbocycles. The molecular formula is C18H30N4O3S2. The third kappa shape index (κ3) is 4.67. The van der Waals surface area contributed by atoms with Crippen LogP contribution in [-0.4, -0.2) is 63.3 Å². The molecular weight excluding hydrogens is 384 g/mol. The van der Waals surface area contributed by atoms with Crippen molar-refractivity contribution in [1.82, 2.24) is 19.7 Å². The zero-order chi connectivity index (χ0) is 19.6. The Kier molecular flexibility index (Phi) is 6.50. The molecule has 1 amide bonds. The Morgan fingerprint density at radius 1 is 1.26 bits per heavy atom. The standard InChI is InChI=1S/C18H30N4O3S2/c1-4-22(15-8-6-5-7-9-15)17(23)13(2)26-18-20-19-16(21(18)3)14-10-11-27(24,25)12-14/h13-15H,4-12H2,1-3H3/t13-,14+/m0/s1. The topological polar surface area (TPSA) is 85.2 Å². The SMILES string of the molecule is CCN(C(=O)[C@H](C)Sc1nnc([C@@H]2CCS(=O)(=O)C2)n1C)C1CCCCC1. The Hall–Kier alpha value is -1.09. The minimum Gasteiger partial charge on any atom is -0.339 e. The number of carbonyl (C=O) groups is 1. The van der Waals surface area contributed by atoms with Crippen LogP contribution in [0.1, 0.15) is 64.1 Å². The van der Waals surface area contributed by atoms with Crippen molar-refractivity contribution in [3.63, 3.8) is 0 Å². The van der Waals surface area contributed by atoms with Gasteiger partial charge in [0.15, 0.2) is 15.0 Å². The lowest BCUT2D eigenvalue weighted by Gasteiger charge is -2.35. The number of aromatic nitrogens is 3. The van der Waals surface area contributed by atoms with Crippen LogP contribution in [0.5, 0.6) is 0 Å². The second-order valence-electron chi connectivity index (χ2n) is 7.68. The summed E-state index contributed by atoms with van der Waals surface area (Å²) in [6.07, 6.45) is 6.46. The van der Waals surface area contributed by atoms with Crippen molar-refractivity contribution >= 4 is 27.5 Å². The molecule has 0 radical (unpaired) electrons. The maximum absolute atomic E-state index is 13.0. The van der Waals surface area contributed by atoms with E-state index in [1.165, 1.54) is 31.0 Å². The van der Waals surface area contributed by atoms with Crippen LogP contribution in [0.4, 0.5) is 0 Å². The Labute approximate surface area is 166 Å². The Morgan fingerprint density at radius 2 is 1.96 bits per heavy atom. The average molecular weight is 415 g/mol. The van der Waals surface area contributed by atoms with Crippen molar-refractivity contribution in [2.45, 2.75) is 74.7 Å². The lowest BCUT2D eigenvalue weighted by Crippen LogP contribution is -2.44. The smallest absolute Gasteiger partial charge is 0.236 e. The fraction of sp³-hybridized carbons (Fsp3) is 0.833. The molecule has 1 saturated heterocycles. The minimum atomic E-state index is -2.96. The molecule has 0 aromatic carbocycles. The summed E-state index contributed by atoms with van der Waals surface area (Å²) in [7, 11) is -1.10. The fourth-order valence-electron chi connectivity index (χ4n) is 4.21. The molecule has 7 nitrogen and oxygen atoms in total. The molecule has 0 bridgehead atoms. The van der Waals surface area contributed by atoms with Crippen LogP contribution < -0.4 is 0 Å². The van der Waals surface area contributed by atoms with E-state index in [1.807, 2.05) is 30.4 Å². The largest absolute Gasteiger partial charge is 0.339 e. The summed E-state index contributed by atoms with van der Waals surface area (Å²) in [5.74, 6) is 1.13. The first-order chi connectivity index (χ1) is 12.8. The van der Waals surface area contributed by atoms with Crippen molar-refractivity contribution in [3.8, 4) is 0 Å². The van der Waals surface area contributed by atoms with E-state index >= 15 is 0 Å². The average Bonchev–Trinajstić information content (AvgIpc) is 3.18. The molecule has 0 N–H and O–H groups in total. The van der Waals surface area contributed by atoms with Gasteiger partial charge in [0.1, 0.15) is 5.82 Å². The highest BCUT2D eigenvalue weighted by Gasteiger charge is 2.33. The zero-order valence-electron chi connectivity index (χ0n) is 16.4. The Morgan fingerprint density at radius 3 is 2.56 bits per heavy atom. The van der Waals surface area contributed by atoms with Crippen LogP contribution in [0.2, 0.25) is 0 Å². The molecule has 27 heavy (non-hydrogen) atoms. The number of thioether (sulfide) groups is 1. The first-order valence-corrected chi connectivity index (χ1v) is 12.6. The summed E-state index contributed by atoms with van der Waals surface area (Å²) in [6, 6.07) is 0.359. The predicted molar refractivity (Wildman–Crippen MR) is 107 cm³/mol. The third-order valence-electron chi connectivity index (χ3n) is 5.74. The van der Waals surface area contributed by atoms with Crippen LogP contribution >= 0.6 is 11.8 Å². The van der Waals surface area contributed by atoms with E-state index in [4.69, 9.17) is 0 Å². The first-order valence-electron chi connectivity index (χ1n) is 9.89. The van der Waals surface area contributed by atoms with Crippen molar-refractivity contribution < 1.29 is 13.2 Å². The number of carbonyl (C=O) groups excluding carboxylic acids is 1. The Bertz CT molecular complexity index is 772. The van der Waals surface area contributed by atoms with E-state index in [1.54, 1.807) is 0 Å². The highest BCUT2D eigenvalue weighted by atomic mass is 32.2. The van der Waals surface area contributed by atoms with Crippen LogP contribution in [0.3, 0.4) is 0 Å². The van der Waals surface area contributed by atoms with Gasteiger partial charge in [-0.1, -0.05) is 31.0 Å². The molecule has 0 unspecified atom stereocenters. The molecule has 2 aliphatic rings. The monoisotopic (exact) mass is 414 g/mol. The molecule has 1 aliphatic carbocycles. The van der Waals surface area contributed by atoms with Gasteiger partial charge in [-0.05, 0) is 33.1 Å². The zero-order valence-corrected chi connectivity index (χ0v) is 18.1. The van der Waals surface area contributed by atoms with Gasteiger partial charge >= 0.3 is 0 Å². The molecule has 1 aromatic rings. The molecule has 9 heteroatoms. The molecule has 3 rings (SSSR count). The maximum Gasteiger partial charge on any atom is 0.236 e. The van der Waals surface area contributed by atoms with E-state index < -0.39 is 9.84 Å². The second-order valence-corrected chi connectivity index (χ2v) is 11.2. The number of sulfone groups is 1. The van der Waals surface area contributed by atoms with Gasteiger partial charge in [0.2, 0.25) is 5.91 Å². The summed E-state index contributed by atoms with van der Waals surface area (Å²) in [4.78, 5) is 15.0. The van der Waals surface area contributed by atoms with Crippen LogP contribution in [0.15, 0.2) is 5.16 Å². The van der Waals surface area contributed by atoms with Gasteiger partial charge in [0.25, 0.3) is 0 Å². The number of nitrogens with zero attached hydrogens (tertiary/aromatic N) is 4. The highest BCUT2D eigenvalue weighted by Crippen LogP contribution is 2.31. The lowest BCUT2D eigenvalue weighted by atomic mass is 9.94. The summed E-state index contributed by atoms with van der Waals surface area (Å²) >= 11 is 1.41. The quantitative estimate of drug-likeness (QED) is 0.665. The first kappa shape index (κ1) is 20.6.